The zero-order valence-corrected chi connectivity index (χ0v) is 11.7. The molecule has 0 aromatic heterocycles. The van der Waals surface area contributed by atoms with Gasteiger partial charge in [0.2, 0.25) is 0 Å². The number of hydrogen-bond acceptors (Lipinski definition) is 1. The number of nitrogens with zero attached hydrogens (tertiary/aromatic N) is 1. The van der Waals surface area contributed by atoms with Crippen LogP contribution in [-0.4, -0.2) is 24.0 Å². The zero-order chi connectivity index (χ0) is 13.1. The molecule has 0 aliphatic carbocycles. The Morgan fingerprint density at radius 2 is 1.94 bits per heavy atom. The standard InChI is InChI=1S/C16H24FN/c1-12(2)18-8-6-14(7-9-18)11-15-4-5-16(17)13(3)10-15/h4-5,10,12,14H,6-9,11H2,1-3H3. The van der Waals surface area contributed by atoms with Crippen molar-refractivity contribution in [3.63, 3.8) is 0 Å². The maximum atomic E-state index is 13.2. The van der Waals surface area contributed by atoms with E-state index in [1.807, 2.05) is 19.1 Å². The Balaban J connectivity index is 1.89. The molecule has 1 saturated heterocycles. The van der Waals surface area contributed by atoms with E-state index >= 15 is 0 Å². The summed E-state index contributed by atoms with van der Waals surface area (Å²) in [4.78, 5) is 2.55. The maximum absolute atomic E-state index is 13.2. The van der Waals surface area contributed by atoms with Gasteiger partial charge >= 0.3 is 0 Å². The Labute approximate surface area is 110 Å². The van der Waals surface area contributed by atoms with E-state index in [0.29, 0.717) is 6.04 Å². The molecule has 1 aliphatic heterocycles. The number of halogens is 1. The van der Waals surface area contributed by atoms with Gasteiger partial charge in [-0.2, -0.15) is 0 Å². The molecule has 1 aromatic rings. The number of hydrogen-bond donors (Lipinski definition) is 0. The van der Waals surface area contributed by atoms with Crippen molar-refractivity contribution in [3.8, 4) is 0 Å². The fourth-order valence-corrected chi connectivity index (χ4v) is 2.84. The van der Waals surface area contributed by atoms with Gasteiger partial charge in [0.25, 0.3) is 0 Å². The molecule has 18 heavy (non-hydrogen) atoms. The summed E-state index contributed by atoms with van der Waals surface area (Å²) in [5, 5.41) is 0. The minimum Gasteiger partial charge on any atom is -0.301 e. The smallest absolute Gasteiger partial charge is 0.126 e. The van der Waals surface area contributed by atoms with Crippen molar-refractivity contribution < 1.29 is 4.39 Å². The highest BCUT2D eigenvalue weighted by Crippen LogP contribution is 2.23. The third kappa shape index (κ3) is 3.32. The highest BCUT2D eigenvalue weighted by Gasteiger charge is 2.20. The number of aryl methyl sites for hydroxylation is 1. The first-order valence-corrected chi connectivity index (χ1v) is 7.05. The first-order chi connectivity index (χ1) is 8.56. The van der Waals surface area contributed by atoms with E-state index in [1.54, 1.807) is 6.07 Å². The molecular formula is C16H24FN. The van der Waals surface area contributed by atoms with Gasteiger partial charge in [-0.1, -0.05) is 12.1 Å². The summed E-state index contributed by atoms with van der Waals surface area (Å²) in [7, 11) is 0. The Bertz CT molecular complexity index is 392. The van der Waals surface area contributed by atoms with E-state index in [0.717, 1.165) is 17.9 Å². The lowest BCUT2D eigenvalue weighted by atomic mass is 9.89. The molecule has 0 spiro atoms. The molecule has 1 aliphatic rings. The van der Waals surface area contributed by atoms with Crippen molar-refractivity contribution in [1.29, 1.82) is 0 Å². The fourth-order valence-electron chi connectivity index (χ4n) is 2.84. The maximum Gasteiger partial charge on any atom is 0.126 e. The van der Waals surface area contributed by atoms with Crippen molar-refractivity contribution >= 4 is 0 Å². The Kier molecular flexibility index (Phi) is 4.39. The second-order valence-corrected chi connectivity index (χ2v) is 5.86. The van der Waals surface area contributed by atoms with Crippen LogP contribution in [-0.2, 0) is 6.42 Å². The highest BCUT2D eigenvalue weighted by molar-refractivity contribution is 5.24. The van der Waals surface area contributed by atoms with Gasteiger partial charge in [-0.25, -0.2) is 4.39 Å². The molecule has 100 valence electrons. The third-order valence-electron chi connectivity index (χ3n) is 4.13. The minimum atomic E-state index is -0.0895. The lowest BCUT2D eigenvalue weighted by Gasteiger charge is -2.34. The molecule has 1 nitrogen and oxygen atoms in total. The van der Waals surface area contributed by atoms with Crippen LogP contribution >= 0.6 is 0 Å². The van der Waals surface area contributed by atoms with Gasteiger partial charge < -0.3 is 4.90 Å². The summed E-state index contributed by atoms with van der Waals surface area (Å²) in [6.07, 6.45) is 3.65. The summed E-state index contributed by atoms with van der Waals surface area (Å²) in [5.74, 6) is 0.679. The lowest BCUT2D eigenvalue weighted by Crippen LogP contribution is -2.38. The van der Waals surface area contributed by atoms with E-state index in [2.05, 4.69) is 18.7 Å². The molecular weight excluding hydrogens is 225 g/mol. The van der Waals surface area contributed by atoms with E-state index < -0.39 is 0 Å². The normalized spacial score (nSPS) is 18.5. The SMILES string of the molecule is Cc1cc(CC2CCN(C(C)C)CC2)ccc1F. The molecule has 0 amide bonds. The third-order valence-corrected chi connectivity index (χ3v) is 4.13. The van der Waals surface area contributed by atoms with E-state index in [9.17, 15) is 4.39 Å². The van der Waals surface area contributed by atoms with Gasteiger partial charge in [0, 0.05) is 6.04 Å². The second kappa shape index (κ2) is 5.83. The summed E-state index contributed by atoms with van der Waals surface area (Å²) in [6.45, 7) is 8.80. The monoisotopic (exact) mass is 249 g/mol. The van der Waals surface area contributed by atoms with Gasteiger partial charge in [0.1, 0.15) is 5.82 Å². The van der Waals surface area contributed by atoms with Crippen LogP contribution in [0.1, 0.15) is 37.8 Å². The molecule has 1 fully saturated rings. The zero-order valence-electron chi connectivity index (χ0n) is 11.7. The number of benzene rings is 1. The van der Waals surface area contributed by atoms with Crippen LogP contribution in [0.2, 0.25) is 0 Å². The van der Waals surface area contributed by atoms with E-state index in [1.165, 1.54) is 31.5 Å². The topological polar surface area (TPSA) is 3.24 Å². The summed E-state index contributed by atoms with van der Waals surface area (Å²) in [6, 6.07) is 6.22. The second-order valence-electron chi connectivity index (χ2n) is 5.86. The Morgan fingerprint density at radius 1 is 1.28 bits per heavy atom. The number of piperidine rings is 1. The van der Waals surface area contributed by atoms with Crippen LogP contribution in [0, 0.1) is 18.7 Å². The van der Waals surface area contributed by atoms with Crippen molar-refractivity contribution in [3.05, 3.63) is 35.1 Å². The molecule has 0 atom stereocenters. The molecule has 1 heterocycles. The number of likely N-dealkylation sites (tertiary alicyclic amines) is 1. The molecule has 0 radical (unpaired) electrons. The summed E-state index contributed by atoms with van der Waals surface area (Å²) >= 11 is 0. The van der Waals surface area contributed by atoms with E-state index in [4.69, 9.17) is 0 Å². The predicted molar refractivity (Wildman–Crippen MR) is 74.3 cm³/mol. The van der Waals surface area contributed by atoms with Crippen molar-refractivity contribution in [1.82, 2.24) is 4.90 Å². The molecule has 2 rings (SSSR count). The first-order valence-electron chi connectivity index (χ1n) is 7.05. The van der Waals surface area contributed by atoms with Crippen molar-refractivity contribution in [2.24, 2.45) is 5.92 Å². The largest absolute Gasteiger partial charge is 0.301 e. The highest BCUT2D eigenvalue weighted by atomic mass is 19.1. The fraction of sp³-hybridized carbons (Fsp3) is 0.625. The van der Waals surface area contributed by atoms with Crippen LogP contribution in [0.3, 0.4) is 0 Å². The van der Waals surface area contributed by atoms with Gasteiger partial charge in [0.05, 0.1) is 0 Å². The van der Waals surface area contributed by atoms with Crippen molar-refractivity contribution in [2.75, 3.05) is 13.1 Å². The van der Waals surface area contributed by atoms with Gasteiger partial charge in [0.15, 0.2) is 0 Å². The predicted octanol–water partition coefficient (Wildman–Crippen LogP) is 3.80. The van der Waals surface area contributed by atoms with Crippen LogP contribution in [0.15, 0.2) is 18.2 Å². The van der Waals surface area contributed by atoms with Gasteiger partial charge in [-0.3, -0.25) is 0 Å². The molecule has 1 aromatic carbocycles. The first kappa shape index (κ1) is 13.5. The van der Waals surface area contributed by atoms with Gasteiger partial charge in [-0.05, 0) is 76.2 Å². The van der Waals surface area contributed by atoms with Crippen LogP contribution < -0.4 is 0 Å². The summed E-state index contributed by atoms with van der Waals surface area (Å²) < 4.78 is 13.2. The average Bonchev–Trinajstić information content (AvgIpc) is 2.34. The lowest BCUT2D eigenvalue weighted by molar-refractivity contribution is 0.149. The molecule has 2 heteroatoms. The van der Waals surface area contributed by atoms with Crippen LogP contribution in [0.25, 0.3) is 0 Å². The van der Waals surface area contributed by atoms with Crippen LogP contribution in [0.4, 0.5) is 4.39 Å². The Morgan fingerprint density at radius 3 is 2.50 bits per heavy atom. The van der Waals surface area contributed by atoms with E-state index in [-0.39, 0.29) is 5.82 Å². The number of rotatable bonds is 3. The molecule has 0 unspecified atom stereocenters. The summed E-state index contributed by atoms with van der Waals surface area (Å²) in [5.41, 5.74) is 2.06. The van der Waals surface area contributed by atoms with Crippen molar-refractivity contribution in [2.45, 2.75) is 46.1 Å². The molecule has 0 N–H and O–H groups in total. The Hall–Kier alpha value is -0.890. The molecule has 0 bridgehead atoms. The van der Waals surface area contributed by atoms with Crippen LogP contribution in [0.5, 0.6) is 0 Å². The quantitative estimate of drug-likeness (QED) is 0.787. The molecule has 0 saturated carbocycles. The van der Waals surface area contributed by atoms with Gasteiger partial charge in [-0.15, -0.1) is 0 Å². The average molecular weight is 249 g/mol. The minimum absolute atomic E-state index is 0.0895.